The molecule has 0 bridgehead atoms. The third kappa shape index (κ3) is 8.61. The van der Waals surface area contributed by atoms with Crippen molar-refractivity contribution in [2.45, 2.75) is 6.92 Å². The van der Waals surface area contributed by atoms with Gasteiger partial charge in [0.25, 0.3) is 0 Å². The van der Waals surface area contributed by atoms with Crippen molar-refractivity contribution in [2.24, 2.45) is 4.99 Å². The van der Waals surface area contributed by atoms with Gasteiger partial charge in [-0.05, 0) is 31.2 Å². The van der Waals surface area contributed by atoms with Gasteiger partial charge in [0.1, 0.15) is 18.1 Å². The lowest BCUT2D eigenvalue weighted by atomic mass is 10.3. The Hall–Kier alpha value is -1.22. The highest BCUT2D eigenvalue weighted by Gasteiger charge is 1.97. The van der Waals surface area contributed by atoms with E-state index in [0.717, 1.165) is 18.0 Å². The van der Waals surface area contributed by atoms with Crippen molar-refractivity contribution in [2.75, 3.05) is 40.0 Å². The Morgan fingerprint density at radius 1 is 1.19 bits per heavy atom. The quantitative estimate of drug-likeness (QED) is 0.261. The first-order valence-electron chi connectivity index (χ1n) is 6.70. The molecule has 120 valence electrons. The molecule has 3 N–H and O–H groups in total. The largest absolute Gasteiger partial charge is 0.497 e. The third-order valence-corrected chi connectivity index (χ3v) is 2.44. The van der Waals surface area contributed by atoms with E-state index in [1.165, 1.54) is 0 Å². The number of aliphatic imine (C=N–C) groups is 1. The summed E-state index contributed by atoms with van der Waals surface area (Å²) in [5.41, 5.74) is 0. The van der Waals surface area contributed by atoms with Gasteiger partial charge in [-0.1, -0.05) is 0 Å². The third-order valence-electron chi connectivity index (χ3n) is 2.44. The average molecular weight is 409 g/mol. The summed E-state index contributed by atoms with van der Waals surface area (Å²) >= 11 is 0. The number of nitrogens with one attached hydrogen (secondary N) is 2. The summed E-state index contributed by atoms with van der Waals surface area (Å²) in [7, 11) is 1.63. The van der Waals surface area contributed by atoms with Crippen LogP contribution in [0.5, 0.6) is 11.5 Å². The van der Waals surface area contributed by atoms with Crippen LogP contribution in [0.15, 0.2) is 29.3 Å². The molecule has 7 heteroatoms. The van der Waals surface area contributed by atoms with Crippen molar-refractivity contribution in [3.8, 4) is 11.5 Å². The van der Waals surface area contributed by atoms with Gasteiger partial charge < -0.3 is 25.2 Å². The van der Waals surface area contributed by atoms with Crippen molar-refractivity contribution in [3.63, 3.8) is 0 Å². The van der Waals surface area contributed by atoms with E-state index in [1.807, 2.05) is 31.2 Å². The maximum absolute atomic E-state index is 8.75. The van der Waals surface area contributed by atoms with Gasteiger partial charge in [-0.25, -0.2) is 0 Å². The summed E-state index contributed by atoms with van der Waals surface area (Å²) in [5.74, 6) is 2.28. The topological polar surface area (TPSA) is 75.1 Å². The summed E-state index contributed by atoms with van der Waals surface area (Å²) in [6.45, 7) is 4.34. The van der Waals surface area contributed by atoms with E-state index in [9.17, 15) is 0 Å². The second-order valence-electron chi connectivity index (χ2n) is 3.94. The predicted molar refractivity (Wildman–Crippen MR) is 95.0 cm³/mol. The monoisotopic (exact) mass is 409 g/mol. The molecule has 0 amide bonds. The Kier molecular flexibility index (Phi) is 11.8. The van der Waals surface area contributed by atoms with Crippen LogP contribution in [-0.2, 0) is 0 Å². The molecule has 1 aromatic rings. The van der Waals surface area contributed by atoms with Crippen LogP contribution < -0.4 is 20.1 Å². The normalized spacial score (nSPS) is 10.5. The van der Waals surface area contributed by atoms with Crippen LogP contribution in [0.3, 0.4) is 0 Å². The number of guanidine groups is 1. The number of aliphatic hydroxyl groups excluding tert-OH is 1. The molecule has 0 saturated heterocycles. The van der Waals surface area contributed by atoms with Gasteiger partial charge in [0, 0.05) is 6.54 Å². The highest BCUT2D eigenvalue weighted by molar-refractivity contribution is 14.0. The zero-order valence-corrected chi connectivity index (χ0v) is 14.8. The van der Waals surface area contributed by atoms with E-state index in [1.54, 1.807) is 7.11 Å². The lowest BCUT2D eigenvalue weighted by molar-refractivity contribution is 0.306. The Balaban J connectivity index is 0.00000400. The molecule has 0 saturated carbocycles. The van der Waals surface area contributed by atoms with E-state index in [2.05, 4.69) is 15.6 Å². The molecular weight excluding hydrogens is 385 g/mol. The number of halogens is 1. The van der Waals surface area contributed by atoms with E-state index < -0.39 is 0 Å². The molecule has 0 aliphatic rings. The summed E-state index contributed by atoms with van der Waals surface area (Å²) in [6.07, 6.45) is 0. The number of hydrogen-bond donors (Lipinski definition) is 3. The summed E-state index contributed by atoms with van der Waals surface area (Å²) in [4.78, 5) is 4.17. The molecule has 0 aliphatic heterocycles. The van der Waals surface area contributed by atoms with Gasteiger partial charge in [0.15, 0.2) is 5.96 Å². The first kappa shape index (κ1) is 19.8. The fourth-order valence-corrected chi connectivity index (χ4v) is 1.51. The van der Waals surface area contributed by atoms with Crippen LogP contribution in [0.2, 0.25) is 0 Å². The first-order chi connectivity index (χ1) is 9.80. The highest BCUT2D eigenvalue weighted by Crippen LogP contribution is 2.16. The zero-order valence-electron chi connectivity index (χ0n) is 12.5. The van der Waals surface area contributed by atoms with Crippen LogP contribution in [0, 0.1) is 0 Å². The van der Waals surface area contributed by atoms with Crippen LogP contribution in [0.4, 0.5) is 0 Å². The molecule has 0 atom stereocenters. The minimum atomic E-state index is 0. The molecule has 0 unspecified atom stereocenters. The minimum absolute atomic E-state index is 0. The molecule has 6 nitrogen and oxygen atoms in total. The van der Waals surface area contributed by atoms with E-state index >= 15 is 0 Å². The Morgan fingerprint density at radius 3 is 2.43 bits per heavy atom. The van der Waals surface area contributed by atoms with Crippen molar-refractivity contribution >= 4 is 29.9 Å². The van der Waals surface area contributed by atoms with Gasteiger partial charge >= 0.3 is 0 Å². The van der Waals surface area contributed by atoms with Crippen LogP contribution in [0.1, 0.15) is 6.92 Å². The van der Waals surface area contributed by atoms with Gasteiger partial charge in [-0.2, -0.15) is 0 Å². The maximum Gasteiger partial charge on any atom is 0.191 e. The Morgan fingerprint density at radius 2 is 1.86 bits per heavy atom. The van der Waals surface area contributed by atoms with Crippen molar-refractivity contribution in [1.29, 1.82) is 0 Å². The molecule has 21 heavy (non-hydrogen) atoms. The second kappa shape index (κ2) is 12.5. The number of aliphatic hydroxyl groups is 1. The second-order valence-corrected chi connectivity index (χ2v) is 3.94. The smallest absolute Gasteiger partial charge is 0.191 e. The standard InChI is InChI=1S/C14H23N3O3.HI/c1-3-15-14(16-8-10-18)17-9-11-20-13-6-4-12(19-2)5-7-13;/h4-7,18H,3,8-11H2,1-2H3,(H2,15,16,17);1H. The van der Waals surface area contributed by atoms with Crippen LogP contribution >= 0.6 is 24.0 Å². The van der Waals surface area contributed by atoms with Gasteiger partial charge in [-0.15, -0.1) is 24.0 Å². The molecule has 0 fully saturated rings. The fraction of sp³-hybridized carbons (Fsp3) is 0.500. The zero-order chi connectivity index (χ0) is 14.6. The van der Waals surface area contributed by atoms with Gasteiger partial charge in [0.2, 0.25) is 0 Å². The van der Waals surface area contributed by atoms with Crippen molar-refractivity contribution < 1.29 is 14.6 Å². The van der Waals surface area contributed by atoms with Gasteiger partial charge in [0.05, 0.1) is 26.8 Å². The Labute approximate surface area is 143 Å². The number of nitrogens with zero attached hydrogens (tertiary/aromatic N) is 1. The fourth-order valence-electron chi connectivity index (χ4n) is 1.51. The molecule has 0 aliphatic carbocycles. The van der Waals surface area contributed by atoms with Gasteiger partial charge in [-0.3, -0.25) is 4.99 Å². The summed E-state index contributed by atoms with van der Waals surface area (Å²) in [5, 5.41) is 15.0. The number of benzene rings is 1. The van der Waals surface area contributed by atoms with Crippen molar-refractivity contribution in [3.05, 3.63) is 24.3 Å². The summed E-state index contributed by atoms with van der Waals surface area (Å²) in [6, 6.07) is 7.44. The number of methoxy groups -OCH3 is 1. The molecule has 1 rings (SSSR count). The maximum atomic E-state index is 8.75. The SMILES string of the molecule is CCNC(=NCCO)NCCOc1ccc(OC)cc1.I. The van der Waals surface area contributed by atoms with Crippen LogP contribution in [0.25, 0.3) is 0 Å². The molecule has 0 aromatic heterocycles. The molecule has 1 aromatic carbocycles. The minimum Gasteiger partial charge on any atom is -0.497 e. The van der Waals surface area contributed by atoms with Crippen molar-refractivity contribution in [1.82, 2.24) is 10.6 Å². The summed E-state index contributed by atoms with van der Waals surface area (Å²) < 4.78 is 10.7. The molecular formula is C14H24IN3O3. The predicted octanol–water partition coefficient (Wildman–Crippen LogP) is 1.24. The highest BCUT2D eigenvalue weighted by atomic mass is 127. The lowest BCUT2D eigenvalue weighted by Gasteiger charge is -2.12. The van der Waals surface area contributed by atoms with E-state index in [4.69, 9.17) is 14.6 Å². The molecule has 0 heterocycles. The Bertz CT molecular complexity index is 399. The van der Waals surface area contributed by atoms with Crippen LogP contribution in [-0.4, -0.2) is 51.0 Å². The number of hydrogen-bond acceptors (Lipinski definition) is 4. The lowest BCUT2D eigenvalue weighted by Crippen LogP contribution is -2.39. The van der Waals surface area contributed by atoms with E-state index in [0.29, 0.717) is 25.7 Å². The average Bonchev–Trinajstić information content (AvgIpc) is 2.49. The number of rotatable bonds is 8. The molecule has 0 radical (unpaired) electrons. The molecule has 0 spiro atoms. The number of ether oxygens (including phenoxy) is 2. The first-order valence-corrected chi connectivity index (χ1v) is 6.70. The van der Waals surface area contributed by atoms with E-state index in [-0.39, 0.29) is 30.6 Å².